The standard InChI is InChI=1S/C13H21NO5.C8H13NO4.C4H9NO2.5CH4.ClH/c1-3-10(15)7-8-12(17)14-9-11(16)5-4-6-13(18)19-2;1-2-6(10)3-4-7(11)9-5-8(12)13;1-7-4(6)2-3-5;;;;;;/h3-9H2,1-2H3,(H,14,17);2-5H2,1H3,(H,9,11)(H,12,13);2-3,5H2,1H3;5*1H4;1H. The molecule has 0 aliphatic carbocycles. The van der Waals surface area contributed by atoms with Gasteiger partial charge >= 0.3 is 17.9 Å². The van der Waals surface area contributed by atoms with Crippen molar-refractivity contribution in [1.29, 1.82) is 0 Å². The van der Waals surface area contributed by atoms with Gasteiger partial charge in [-0.15, -0.1) is 12.4 Å². The molecular formula is C30H64ClN3O11. The highest BCUT2D eigenvalue weighted by atomic mass is 35.5. The van der Waals surface area contributed by atoms with Crippen LogP contribution in [0, 0.1) is 0 Å². The first kappa shape index (κ1) is 64.5. The second-order valence-electron chi connectivity index (χ2n) is 7.81. The zero-order chi connectivity index (χ0) is 30.6. The van der Waals surface area contributed by atoms with Crippen molar-refractivity contribution in [3.63, 3.8) is 0 Å². The molecule has 0 aliphatic heterocycles. The van der Waals surface area contributed by atoms with E-state index in [1.165, 1.54) is 14.2 Å². The molecule has 14 nitrogen and oxygen atoms in total. The Balaban J connectivity index is -0.0000000630. The van der Waals surface area contributed by atoms with Crippen molar-refractivity contribution in [1.82, 2.24) is 10.6 Å². The molecule has 0 aromatic carbocycles. The maximum atomic E-state index is 11.4. The van der Waals surface area contributed by atoms with Gasteiger partial charge in [0.25, 0.3) is 0 Å². The summed E-state index contributed by atoms with van der Waals surface area (Å²) in [4.78, 5) is 86.2. The van der Waals surface area contributed by atoms with E-state index >= 15 is 0 Å². The molecule has 0 radical (unpaired) electrons. The van der Waals surface area contributed by atoms with Crippen molar-refractivity contribution >= 4 is 59.5 Å². The normalized spacial score (nSPS) is 8.11. The van der Waals surface area contributed by atoms with Gasteiger partial charge in [0.1, 0.15) is 18.1 Å². The number of esters is 2. The van der Waals surface area contributed by atoms with E-state index in [4.69, 9.17) is 10.8 Å². The van der Waals surface area contributed by atoms with E-state index in [9.17, 15) is 38.4 Å². The number of carboxylic acids is 1. The van der Waals surface area contributed by atoms with E-state index in [0.29, 0.717) is 32.2 Å². The molecule has 0 rings (SSSR count). The molecule has 272 valence electrons. The molecule has 5 N–H and O–H groups in total. The first-order valence-corrected chi connectivity index (χ1v) is 12.5. The fourth-order valence-corrected chi connectivity index (χ4v) is 2.25. The van der Waals surface area contributed by atoms with Gasteiger partial charge in [0.15, 0.2) is 5.78 Å². The van der Waals surface area contributed by atoms with Gasteiger partial charge < -0.3 is 30.9 Å². The zero-order valence-corrected chi connectivity index (χ0v) is 24.5. The van der Waals surface area contributed by atoms with Crippen molar-refractivity contribution in [2.75, 3.05) is 33.9 Å². The van der Waals surface area contributed by atoms with Crippen molar-refractivity contribution in [3.8, 4) is 0 Å². The third-order valence-electron chi connectivity index (χ3n) is 4.61. The van der Waals surface area contributed by atoms with E-state index < -0.39 is 11.9 Å². The van der Waals surface area contributed by atoms with Gasteiger partial charge in [-0.25, -0.2) is 0 Å². The molecule has 2 amide bonds. The number of aliphatic carboxylic acids is 1. The quantitative estimate of drug-likeness (QED) is 0.152. The van der Waals surface area contributed by atoms with Gasteiger partial charge in [0.05, 0.1) is 27.2 Å². The van der Waals surface area contributed by atoms with Gasteiger partial charge in [0.2, 0.25) is 11.8 Å². The average molecular weight is 678 g/mol. The molecule has 0 fully saturated rings. The number of amides is 2. The minimum atomic E-state index is -1.09. The molecule has 0 spiro atoms. The van der Waals surface area contributed by atoms with Crippen LogP contribution in [0.2, 0.25) is 0 Å². The van der Waals surface area contributed by atoms with Crippen molar-refractivity contribution in [2.45, 2.75) is 115 Å². The van der Waals surface area contributed by atoms with Crippen LogP contribution >= 0.6 is 12.4 Å². The highest BCUT2D eigenvalue weighted by Gasteiger charge is 2.09. The molecule has 0 heterocycles. The fourth-order valence-electron chi connectivity index (χ4n) is 2.25. The third-order valence-corrected chi connectivity index (χ3v) is 4.61. The highest BCUT2D eigenvalue weighted by molar-refractivity contribution is 5.89. The topological polar surface area (TPSA) is 225 Å². The Morgan fingerprint density at radius 1 is 0.578 bits per heavy atom. The lowest BCUT2D eigenvalue weighted by Gasteiger charge is -2.04. The van der Waals surface area contributed by atoms with Crippen LogP contribution in [-0.4, -0.2) is 86.0 Å². The van der Waals surface area contributed by atoms with E-state index in [0.717, 1.165) is 0 Å². The van der Waals surface area contributed by atoms with E-state index in [1.54, 1.807) is 13.8 Å². The molecular weight excluding hydrogens is 614 g/mol. The van der Waals surface area contributed by atoms with Crippen LogP contribution in [0.1, 0.15) is 115 Å². The first-order chi connectivity index (χ1) is 18.4. The summed E-state index contributed by atoms with van der Waals surface area (Å²) in [6.07, 6.45) is 2.55. The Labute approximate surface area is 277 Å². The van der Waals surface area contributed by atoms with Gasteiger partial charge in [-0.05, 0) is 6.42 Å². The lowest BCUT2D eigenvalue weighted by atomic mass is 10.1. The average Bonchev–Trinajstić information content (AvgIpc) is 2.92. The second kappa shape index (κ2) is 45.0. The SMILES string of the molecule is C.C.C.C.C.CCC(=O)CCC(=O)NCC(=O)CCCC(=O)OC.CCC(=O)CCC(=O)NCC(=O)O.COC(=O)CCN.Cl. The zero-order valence-electron chi connectivity index (χ0n) is 23.7. The lowest BCUT2D eigenvalue weighted by molar-refractivity contribution is -0.141. The summed E-state index contributed by atoms with van der Waals surface area (Å²) in [5, 5.41) is 12.8. The maximum Gasteiger partial charge on any atom is 0.322 e. The summed E-state index contributed by atoms with van der Waals surface area (Å²) >= 11 is 0. The molecule has 0 saturated heterocycles. The molecule has 45 heavy (non-hydrogen) atoms. The number of nitrogens with two attached hydrogens (primary N) is 1. The number of carbonyl (C=O) groups is 8. The third kappa shape index (κ3) is 53.6. The van der Waals surface area contributed by atoms with Crippen LogP contribution in [0.4, 0.5) is 0 Å². The van der Waals surface area contributed by atoms with Crippen LogP contribution in [0.15, 0.2) is 0 Å². The number of hydrogen-bond donors (Lipinski definition) is 4. The molecule has 15 heteroatoms. The molecule has 0 unspecified atom stereocenters. The smallest absolute Gasteiger partial charge is 0.322 e. The monoisotopic (exact) mass is 677 g/mol. The first-order valence-electron chi connectivity index (χ1n) is 12.5. The van der Waals surface area contributed by atoms with Gasteiger partial charge in [-0.1, -0.05) is 51.0 Å². The van der Waals surface area contributed by atoms with Gasteiger partial charge in [0, 0.05) is 57.9 Å². The molecule has 0 saturated carbocycles. The van der Waals surface area contributed by atoms with Crippen LogP contribution < -0.4 is 16.4 Å². The number of ether oxygens (including phenoxy) is 2. The summed E-state index contributed by atoms with van der Waals surface area (Å²) in [6, 6.07) is 0. The number of methoxy groups -OCH3 is 2. The second-order valence-corrected chi connectivity index (χ2v) is 7.81. The van der Waals surface area contributed by atoms with Crippen LogP contribution in [0.3, 0.4) is 0 Å². The van der Waals surface area contributed by atoms with E-state index in [2.05, 4.69) is 20.1 Å². The number of rotatable bonds is 18. The molecule has 0 aliphatic rings. The highest BCUT2D eigenvalue weighted by Crippen LogP contribution is 1.99. The van der Waals surface area contributed by atoms with E-state index in [1.807, 2.05) is 0 Å². The minimum absolute atomic E-state index is 0. The fraction of sp³-hybridized carbons (Fsp3) is 0.733. The van der Waals surface area contributed by atoms with E-state index in [-0.39, 0.29) is 136 Å². The number of carboxylic acid groups (broad SMARTS) is 1. The summed E-state index contributed by atoms with van der Waals surface area (Å²) in [6.45, 7) is 3.38. The van der Waals surface area contributed by atoms with Crippen LogP contribution in [0.5, 0.6) is 0 Å². The molecule has 0 aromatic heterocycles. The Kier molecular flexibility index (Phi) is 64.6. The van der Waals surface area contributed by atoms with Gasteiger partial charge in [-0.2, -0.15) is 0 Å². The van der Waals surface area contributed by atoms with Crippen molar-refractivity contribution in [3.05, 3.63) is 0 Å². The minimum Gasteiger partial charge on any atom is -0.480 e. The Morgan fingerprint density at radius 3 is 1.27 bits per heavy atom. The van der Waals surface area contributed by atoms with Crippen LogP contribution in [-0.2, 0) is 47.8 Å². The molecule has 0 bridgehead atoms. The van der Waals surface area contributed by atoms with Crippen LogP contribution in [0.25, 0.3) is 0 Å². The predicted octanol–water partition coefficient (Wildman–Crippen LogP) is 3.83. The maximum absolute atomic E-state index is 11.4. The number of Topliss-reactive ketones (excluding diaryl/α,β-unsaturated/α-hetero) is 3. The van der Waals surface area contributed by atoms with Crippen molar-refractivity contribution < 1.29 is 52.9 Å². The predicted molar refractivity (Wildman–Crippen MR) is 180 cm³/mol. The number of carbonyl (C=O) groups excluding carboxylic acids is 7. The Morgan fingerprint density at radius 2 is 0.956 bits per heavy atom. The van der Waals surface area contributed by atoms with Crippen molar-refractivity contribution in [2.24, 2.45) is 5.73 Å². The number of halogens is 1. The lowest BCUT2D eigenvalue weighted by Crippen LogP contribution is -2.29. The summed E-state index contributed by atoms with van der Waals surface area (Å²) in [7, 11) is 2.64. The summed E-state index contributed by atoms with van der Waals surface area (Å²) < 4.78 is 8.71. The summed E-state index contributed by atoms with van der Waals surface area (Å²) in [5.74, 6) is -2.50. The summed E-state index contributed by atoms with van der Waals surface area (Å²) in [5.41, 5.74) is 5.00. The Hall–Kier alpha value is -3.39. The molecule has 0 atom stereocenters. The number of hydrogen-bond acceptors (Lipinski definition) is 11. The number of ketones is 3. The Bertz CT molecular complexity index is 808. The molecule has 0 aromatic rings. The van der Waals surface area contributed by atoms with Gasteiger partial charge in [-0.3, -0.25) is 38.4 Å². The largest absolute Gasteiger partial charge is 0.480 e. The number of nitrogens with one attached hydrogen (secondary N) is 2.